The third-order valence-electron chi connectivity index (χ3n) is 3.42. The quantitative estimate of drug-likeness (QED) is 0.151. The molecule has 7 amide bonds. The highest BCUT2D eigenvalue weighted by molar-refractivity contribution is 7.88. The molecule has 2 heterocycles. The Morgan fingerprint density at radius 3 is 2.39 bits per heavy atom. The normalized spacial score (nSPS) is 15.3. The monoisotopic (exact) mass is 462 g/mol. The molecular weight excluding hydrogens is 448 g/mol. The summed E-state index contributed by atoms with van der Waals surface area (Å²) in [6.07, 6.45) is -0.677. The molecule has 2 rings (SSSR count). The van der Waals surface area contributed by atoms with Crippen LogP contribution in [0.3, 0.4) is 0 Å². The van der Waals surface area contributed by atoms with E-state index in [9.17, 15) is 37.2 Å². The maximum absolute atomic E-state index is 11.7. The van der Waals surface area contributed by atoms with E-state index in [0.717, 1.165) is 12.3 Å². The zero-order valence-electron chi connectivity index (χ0n) is 15.0. The van der Waals surface area contributed by atoms with Gasteiger partial charge >= 0.3 is 28.4 Å². The van der Waals surface area contributed by atoms with Gasteiger partial charge < -0.3 is 20.5 Å². The molecule has 168 valence electrons. The van der Waals surface area contributed by atoms with Crippen LogP contribution in [0.15, 0.2) is 17.1 Å². The number of H-pyrrole nitrogens is 1. The van der Waals surface area contributed by atoms with E-state index in [1.165, 1.54) is 9.55 Å². The van der Waals surface area contributed by atoms with Crippen molar-refractivity contribution < 1.29 is 42.6 Å². The van der Waals surface area contributed by atoms with Gasteiger partial charge in [-0.05, 0) is 0 Å². The lowest BCUT2D eigenvalue weighted by Crippen LogP contribution is -2.68. The van der Waals surface area contributed by atoms with Crippen molar-refractivity contribution in [2.45, 2.75) is 6.04 Å². The molecule has 0 saturated carbocycles. The Labute approximate surface area is 171 Å². The van der Waals surface area contributed by atoms with Crippen LogP contribution in [-0.4, -0.2) is 71.1 Å². The number of carbonyl (C=O) groups is 5. The molecule has 0 radical (unpaired) electrons. The average Bonchev–Trinajstić information content (AvgIpc) is 2.68. The molecule has 0 aromatic carbocycles. The summed E-state index contributed by atoms with van der Waals surface area (Å²) < 4.78 is 24.8. The molecule has 1 saturated heterocycles. The van der Waals surface area contributed by atoms with Crippen molar-refractivity contribution in [3.8, 4) is 5.75 Å². The van der Waals surface area contributed by atoms with Crippen molar-refractivity contribution >= 4 is 40.2 Å². The van der Waals surface area contributed by atoms with Crippen molar-refractivity contribution in [3.05, 3.63) is 28.2 Å². The van der Waals surface area contributed by atoms with E-state index in [4.69, 9.17) is 10.2 Å². The van der Waals surface area contributed by atoms with Gasteiger partial charge in [0.1, 0.15) is 11.7 Å². The highest BCUT2D eigenvalue weighted by Crippen LogP contribution is 2.10. The van der Waals surface area contributed by atoms with Crippen molar-refractivity contribution in [2.24, 2.45) is 0 Å². The summed E-state index contributed by atoms with van der Waals surface area (Å²) in [5, 5.41) is 19.4. The van der Waals surface area contributed by atoms with Gasteiger partial charge in [0, 0.05) is 12.3 Å². The predicted octanol–water partition coefficient (Wildman–Crippen LogP) is -4.04. The maximum Gasteiger partial charge on any atom is 0.405 e. The second kappa shape index (κ2) is 8.96. The van der Waals surface area contributed by atoms with Gasteiger partial charge in [-0.25, -0.2) is 24.5 Å². The Morgan fingerprint density at radius 1 is 1.13 bits per heavy atom. The number of likely N-dealkylation sites (tertiary alicyclic amines) is 1. The van der Waals surface area contributed by atoms with Crippen LogP contribution in [0, 0.1) is 0 Å². The summed E-state index contributed by atoms with van der Waals surface area (Å²) in [5.74, 6) is -2.66. The Morgan fingerprint density at radius 2 is 1.81 bits per heavy atom. The molecule has 0 spiro atoms. The molecule has 1 aliphatic heterocycles. The number of nitrogens with one attached hydrogen (secondary N) is 7. The molecule has 1 aliphatic rings. The number of hydrazine groups is 2. The van der Waals surface area contributed by atoms with E-state index in [0.29, 0.717) is 4.90 Å². The number of nitrogens with zero attached hydrogens (tertiary/aromatic N) is 1. The van der Waals surface area contributed by atoms with Gasteiger partial charge in [0.25, 0.3) is 11.8 Å². The third kappa shape index (κ3) is 6.04. The number of hydrogen-bond donors (Lipinski definition) is 9. The number of β-lactam (4-membered cyclic amide) rings is 1. The highest BCUT2D eigenvalue weighted by Gasteiger charge is 2.42. The van der Waals surface area contributed by atoms with Crippen LogP contribution in [0.4, 0.5) is 14.4 Å². The number of imide groups is 1. The number of carbonyl (C=O) groups excluding carboxylic acids is 4. The summed E-state index contributed by atoms with van der Waals surface area (Å²) in [7, 11) is -4.70. The fourth-order valence-corrected chi connectivity index (χ4v) is 2.60. The predicted molar refractivity (Wildman–Crippen MR) is 95.1 cm³/mol. The first-order chi connectivity index (χ1) is 14.4. The molecular formula is C12H14N8O10S. The third-order valence-corrected chi connectivity index (χ3v) is 4.23. The van der Waals surface area contributed by atoms with Crippen LogP contribution in [0.1, 0.15) is 10.5 Å². The molecule has 1 aromatic heterocycles. The lowest BCUT2D eigenvalue weighted by atomic mass is 10.1. The molecule has 19 heteroatoms. The van der Waals surface area contributed by atoms with Crippen molar-refractivity contribution in [1.82, 2.24) is 41.0 Å². The fourth-order valence-electron chi connectivity index (χ4n) is 1.98. The summed E-state index contributed by atoms with van der Waals surface area (Å²) in [6.45, 7) is -0.411. The SMILES string of the molecule is O=C(O)NC1CN(C(=O)NS(=O)(=O)NNC(=O)NNC(=O)c2cc(=O)c(O)c[nH]2)C1=O. The topological polar surface area (TPSA) is 268 Å². The highest BCUT2D eigenvalue weighted by atomic mass is 32.2. The van der Waals surface area contributed by atoms with Crippen LogP contribution in [-0.2, 0) is 15.0 Å². The Kier molecular flexibility index (Phi) is 6.62. The van der Waals surface area contributed by atoms with Crippen LogP contribution < -0.4 is 36.6 Å². The molecule has 31 heavy (non-hydrogen) atoms. The number of amides is 7. The number of urea groups is 2. The van der Waals surface area contributed by atoms with E-state index in [1.54, 1.807) is 21.6 Å². The largest absolute Gasteiger partial charge is 0.503 e. The van der Waals surface area contributed by atoms with Gasteiger partial charge in [0.15, 0.2) is 5.75 Å². The zero-order valence-corrected chi connectivity index (χ0v) is 15.8. The van der Waals surface area contributed by atoms with Gasteiger partial charge in [-0.3, -0.25) is 30.1 Å². The molecule has 18 nitrogen and oxygen atoms in total. The van der Waals surface area contributed by atoms with Crippen LogP contribution in [0.2, 0.25) is 0 Å². The first-order valence-electron chi connectivity index (χ1n) is 7.82. The molecule has 1 aromatic rings. The molecule has 1 atom stereocenters. The minimum atomic E-state index is -4.70. The lowest BCUT2D eigenvalue weighted by molar-refractivity contribution is -0.138. The average molecular weight is 462 g/mol. The Hall–Kier alpha value is -4.39. The van der Waals surface area contributed by atoms with Gasteiger partial charge in [-0.15, -0.1) is 4.83 Å². The number of aromatic nitrogens is 1. The molecule has 9 N–H and O–H groups in total. The van der Waals surface area contributed by atoms with Crippen LogP contribution in [0.5, 0.6) is 5.75 Å². The molecule has 0 aliphatic carbocycles. The number of pyridine rings is 1. The number of rotatable bonds is 5. The summed E-state index contributed by atoms with van der Waals surface area (Å²) in [4.78, 5) is 72.2. The van der Waals surface area contributed by atoms with Crippen molar-refractivity contribution in [2.75, 3.05) is 6.54 Å². The summed E-state index contributed by atoms with van der Waals surface area (Å²) >= 11 is 0. The van der Waals surface area contributed by atoms with E-state index in [1.807, 2.05) is 0 Å². The van der Waals surface area contributed by atoms with Crippen LogP contribution >= 0.6 is 0 Å². The first-order valence-corrected chi connectivity index (χ1v) is 9.30. The summed E-state index contributed by atoms with van der Waals surface area (Å²) in [5.41, 5.74) is 3.86. The van der Waals surface area contributed by atoms with Gasteiger partial charge in [0.05, 0.1) is 6.54 Å². The number of carboxylic acid groups (broad SMARTS) is 1. The van der Waals surface area contributed by atoms with E-state index in [2.05, 4.69) is 4.98 Å². The Bertz CT molecular complexity index is 1100. The molecule has 0 bridgehead atoms. The van der Waals surface area contributed by atoms with E-state index in [-0.39, 0.29) is 5.69 Å². The van der Waals surface area contributed by atoms with Gasteiger partial charge in [-0.2, -0.15) is 8.42 Å². The van der Waals surface area contributed by atoms with Gasteiger partial charge in [0.2, 0.25) is 5.43 Å². The van der Waals surface area contributed by atoms with Crippen LogP contribution in [0.25, 0.3) is 0 Å². The standard InChI is InChI=1S/C12H14N8O10S/c21-6-1-4(13-2-7(6)22)8(23)15-16-10(25)17-19-31(29,30)18-11(26)20-3-5(9(20)24)14-12(27)28/h1-2,5,14,19,22H,3H2,(H,13,21)(H,15,23)(H,18,26)(H,27,28)(H2,16,17,25). The minimum absolute atomic E-state index is 0.342. The van der Waals surface area contributed by atoms with Crippen molar-refractivity contribution in [3.63, 3.8) is 0 Å². The molecule has 1 unspecified atom stereocenters. The minimum Gasteiger partial charge on any atom is -0.503 e. The summed E-state index contributed by atoms with van der Waals surface area (Å²) in [6, 6.07) is -3.20. The second-order valence-corrected chi connectivity index (χ2v) is 7.01. The molecule has 1 fully saturated rings. The maximum atomic E-state index is 11.7. The lowest BCUT2D eigenvalue weighted by Gasteiger charge is -2.35. The number of aromatic amines is 1. The first kappa shape index (κ1) is 22.9. The zero-order chi connectivity index (χ0) is 23.3. The second-order valence-electron chi connectivity index (χ2n) is 5.59. The number of hydrogen-bond acceptors (Lipinski definition) is 9. The van der Waals surface area contributed by atoms with Crippen molar-refractivity contribution in [1.29, 1.82) is 0 Å². The number of aromatic hydroxyl groups is 1. The van der Waals surface area contributed by atoms with Gasteiger partial charge in [-0.1, -0.05) is 0 Å². The van der Waals surface area contributed by atoms with E-state index >= 15 is 0 Å². The Balaban J connectivity index is 1.77. The fraction of sp³-hybridized carbons (Fsp3) is 0.167. The van der Waals surface area contributed by atoms with E-state index < -0.39 is 63.9 Å². The smallest absolute Gasteiger partial charge is 0.405 e.